The molecule has 0 saturated heterocycles. The molecule has 0 N–H and O–H groups in total. The van der Waals surface area contributed by atoms with E-state index in [0.29, 0.717) is 23.9 Å². The summed E-state index contributed by atoms with van der Waals surface area (Å²) in [4.78, 5) is 4.05. The van der Waals surface area contributed by atoms with Crippen molar-refractivity contribution in [2.24, 2.45) is 5.41 Å². The standard InChI is InChI=1S/C13H13BrFN3O/c1-13(2)6-18-12(19-7-13)10(14)11(17-18)9-4-3-8(15)5-16-9/h3-5H,6-7H2,1-2H3. The van der Waals surface area contributed by atoms with E-state index in [0.717, 1.165) is 11.0 Å². The Balaban J connectivity index is 2.05. The molecule has 0 radical (unpaired) electrons. The molecule has 100 valence electrons. The summed E-state index contributed by atoms with van der Waals surface area (Å²) in [6, 6.07) is 2.98. The first kappa shape index (κ1) is 12.6. The topological polar surface area (TPSA) is 39.9 Å². The fraction of sp³-hybridized carbons (Fsp3) is 0.385. The molecule has 0 atom stereocenters. The molecule has 0 unspecified atom stereocenters. The quantitative estimate of drug-likeness (QED) is 0.807. The molecule has 0 bridgehead atoms. The van der Waals surface area contributed by atoms with E-state index in [1.807, 2.05) is 4.68 Å². The van der Waals surface area contributed by atoms with Gasteiger partial charge in [0.25, 0.3) is 0 Å². The fourth-order valence-corrected chi connectivity index (χ4v) is 2.67. The van der Waals surface area contributed by atoms with E-state index in [1.54, 1.807) is 6.07 Å². The molecule has 0 saturated carbocycles. The minimum absolute atomic E-state index is 0.0476. The van der Waals surface area contributed by atoms with Gasteiger partial charge in [0, 0.05) is 5.41 Å². The number of fused-ring (bicyclic) bond motifs is 1. The smallest absolute Gasteiger partial charge is 0.227 e. The summed E-state index contributed by atoms with van der Waals surface area (Å²) < 4.78 is 21.2. The lowest BCUT2D eigenvalue weighted by Gasteiger charge is -2.30. The lowest BCUT2D eigenvalue weighted by molar-refractivity contribution is 0.0996. The van der Waals surface area contributed by atoms with Crippen molar-refractivity contribution < 1.29 is 9.13 Å². The van der Waals surface area contributed by atoms with Crippen LogP contribution in [-0.2, 0) is 6.54 Å². The van der Waals surface area contributed by atoms with Crippen LogP contribution >= 0.6 is 15.9 Å². The lowest BCUT2D eigenvalue weighted by atomic mass is 9.94. The predicted octanol–water partition coefficient (Wildman–Crippen LogP) is 3.27. The Morgan fingerprint density at radius 1 is 1.42 bits per heavy atom. The van der Waals surface area contributed by atoms with Gasteiger partial charge >= 0.3 is 0 Å². The first-order chi connectivity index (χ1) is 8.96. The van der Waals surface area contributed by atoms with E-state index < -0.39 is 0 Å². The zero-order valence-corrected chi connectivity index (χ0v) is 12.2. The Hall–Kier alpha value is -1.43. The zero-order chi connectivity index (χ0) is 13.6. The van der Waals surface area contributed by atoms with Gasteiger partial charge in [-0.25, -0.2) is 9.07 Å². The molecule has 0 spiro atoms. The fourth-order valence-electron chi connectivity index (χ4n) is 2.06. The number of halogens is 2. The molecule has 4 nitrogen and oxygen atoms in total. The molecule has 1 aliphatic rings. The number of aromatic nitrogens is 3. The van der Waals surface area contributed by atoms with Crippen molar-refractivity contribution in [3.8, 4) is 17.3 Å². The Labute approximate surface area is 118 Å². The van der Waals surface area contributed by atoms with Gasteiger partial charge < -0.3 is 4.74 Å². The SMILES string of the molecule is CC1(C)COc2c(Br)c(-c3ccc(F)cn3)nn2C1. The Morgan fingerprint density at radius 3 is 2.89 bits per heavy atom. The third-order valence-corrected chi connectivity index (χ3v) is 3.71. The summed E-state index contributed by atoms with van der Waals surface area (Å²) in [5, 5.41) is 4.51. The molecule has 0 fully saturated rings. The lowest BCUT2D eigenvalue weighted by Crippen LogP contribution is -2.32. The van der Waals surface area contributed by atoms with Crippen LogP contribution in [0.2, 0.25) is 0 Å². The van der Waals surface area contributed by atoms with E-state index in [4.69, 9.17) is 4.74 Å². The molecule has 2 aromatic heterocycles. The maximum absolute atomic E-state index is 12.9. The van der Waals surface area contributed by atoms with Crippen LogP contribution in [0.15, 0.2) is 22.8 Å². The first-order valence-electron chi connectivity index (χ1n) is 5.97. The van der Waals surface area contributed by atoms with Crippen molar-refractivity contribution in [2.45, 2.75) is 20.4 Å². The van der Waals surface area contributed by atoms with Gasteiger partial charge in [0.1, 0.15) is 16.0 Å². The van der Waals surface area contributed by atoms with E-state index in [1.165, 1.54) is 12.3 Å². The van der Waals surface area contributed by atoms with Crippen molar-refractivity contribution in [3.63, 3.8) is 0 Å². The highest BCUT2D eigenvalue weighted by Gasteiger charge is 2.31. The average molecular weight is 326 g/mol. The third-order valence-electron chi connectivity index (χ3n) is 3.00. The van der Waals surface area contributed by atoms with Crippen molar-refractivity contribution in [1.29, 1.82) is 0 Å². The van der Waals surface area contributed by atoms with Gasteiger partial charge in [-0.15, -0.1) is 0 Å². The van der Waals surface area contributed by atoms with Crippen molar-refractivity contribution >= 4 is 15.9 Å². The van der Waals surface area contributed by atoms with Gasteiger partial charge in [-0.1, -0.05) is 13.8 Å². The van der Waals surface area contributed by atoms with Gasteiger partial charge in [-0.2, -0.15) is 5.10 Å². The Kier molecular flexibility index (Phi) is 2.85. The largest absolute Gasteiger partial charge is 0.476 e. The van der Waals surface area contributed by atoms with Gasteiger partial charge in [0.15, 0.2) is 0 Å². The number of hydrogen-bond donors (Lipinski definition) is 0. The van der Waals surface area contributed by atoms with Crippen LogP contribution in [0, 0.1) is 11.2 Å². The Bertz CT molecular complexity index is 622. The monoisotopic (exact) mass is 325 g/mol. The van der Waals surface area contributed by atoms with Crippen LogP contribution in [0.4, 0.5) is 4.39 Å². The number of hydrogen-bond acceptors (Lipinski definition) is 3. The van der Waals surface area contributed by atoms with E-state index >= 15 is 0 Å². The molecule has 3 heterocycles. The van der Waals surface area contributed by atoms with Crippen LogP contribution in [0.5, 0.6) is 5.88 Å². The maximum Gasteiger partial charge on any atom is 0.227 e. The summed E-state index contributed by atoms with van der Waals surface area (Å²) in [7, 11) is 0. The molecular weight excluding hydrogens is 313 g/mol. The molecule has 0 amide bonds. The second-order valence-corrected chi connectivity index (χ2v) is 6.23. The van der Waals surface area contributed by atoms with Crippen LogP contribution in [0.25, 0.3) is 11.4 Å². The van der Waals surface area contributed by atoms with Crippen LogP contribution in [0.1, 0.15) is 13.8 Å². The maximum atomic E-state index is 12.9. The molecule has 2 aromatic rings. The number of rotatable bonds is 1. The second kappa shape index (κ2) is 4.30. The van der Waals surface area contributed by atoms with Crippen molar-refractivity contribution in [3.05, 3.63) is 28.6 Å². The summed E-state index contributed by atoms with van der Waals surface area (Å²) in [5.74, 6) is 0.349. The highest BCUT2D eigenvalue weighted by Crippen LogP contribution is 2.39. The molecule has 1 aliphatic heterocycles. The minimum Gasteiger partial charge on any atom is -0.476 e. The molecule has 19 heavy (non-hydrogen) atoms. The third kappa shape index (κ3) is 2.25. The number of ether oxygens (including phenoxy) is 1. The minimum atomic E-state index is -0.360. The molecule has 0 aliphatic carbocycles. The van der Waals surface area contributed by atoms with Gasteiger partial charge in [-0.3, -0.25) is 4.98 Å². The summed E-state index contributed by atoms with van der Waals surface area (Å²) >= 11 is 3.49. The van der Waals surface area contributed by atoms with Gasteiger partial charge in [-0.05, 0) is 28.1 Å². The number of nitrogens with zero attached hydrogens (tertiary/aromatic N) is 3. The van der Waals surface area contributed by atoms with Crippen LogP contribution < -0.4 is 4.74 Å². The van der Waals surface area contributed by atoms with Crippen molar-refractivity contribution in [1.82, 2.24) is 14.8 Å². The van der Waals surface area contributed by atoms with E-state index in [9.17, 15) is 4.39 Å². The second-order valence-electron chi connectivity index (χ2n) is 5.44. The molecular formula is C13H13BrFN3O. The average Bonchev–Trinajstić information content (AvgIpc) is 2.65. The molecule has 0 aromatic carbocycles. The van der Waals surface area contributed by atoms with Crippen LogP contribution in [0.3, 0.4) is 0 Å². The van der Waals surface area contributed by atoms with Crippen molar-refractivity contribution in [2.75, 3.05) is 6.61 Å². The number of pyridine rings is 1. The molecule has 3 rings (SSSR count). The van der Waals surface area contributed by atoms with Gasteiger partial charge in [0.2, 0.25) is 5.88 Å². The highest BCUT2D eigenvalue weighted by atomic mass is 79.9. The molecule has 6 heteroatoms. The summed E-state index contributed by atoms with van der Waals surface area (Å²) in [6.07, 6.45) is 1.19. The Morgan fingerprint density at radius 2 is 2.21 bits per heavy atom. The van der Waals surface area contributed by atoms with Crippen LogP contribution in [-0.4, -0.2) is 21.4 Å². The summed E-state index contributed by atoms with van der Waals surface area (Å²) in [5.41, 5.74) is 1.34. The first-order valence-corrected chi connectivity index (χ1v) is 6.77. The van der Waals surface area contributed by atoms with Gasteiger partial charge in [0.05, 0.1) is 25.0 Å². The van der Waals surface area contributed by atoms with E-state index in [2.05, 4.69) is 39.9 Å². The zero-order valence-electron chi connectivity index (χ0n) is 10.7. The highest BCUT2D eigenvalue weighted by molar-refractivity contribution is 9.10. The summed E-state index contributed by atoms with van der Waals surface area (Å²) in [6.45, 7) is 5.68. The van der Waals surface area contributed by atoms with E-state index in [-0.39, 0.29) is 11.2 Å². The normalized spacial score (nSPS) is 16.8. The predicted molar refractivity (Wildman–Crippen MR) is 72.4 cm³/mol.